The molecule has 0 amide bonds. The van der Waals surface area contributed by atoms with Crippen LogP contribution in [-0.4, -0.2) is 4.57 Å². The summed E-state index contributed by atoms with van der Waals surface area (Å²) < 4.78 is 2.08. The molecule has 16 heavy (non-hydrogen) atoms. The van der Waals surface area contributed by atoms with Crippen molar-refractivity contribution in [2.45, 2.75) is 6.54 Å². The Labute approximate surface area is 94.9 Å². The van der Waals surface area contributed by atoms with Crippen molar-refractivity contribution >= 4 is 5.69 Å². The average Bonchev–Trinajstić information content (AvgIpc) is 2.73. The van der Waals surface area contributed by atoms with Crippen molar-refractivity contribution in [3.05, 3.63) is 53.9 Å². The molecule has 3 heteroatoms. The highest BCUT2D eigenvalue weighted by atomic mass is 15.0. The first-order valence-corrected chi connectivity index (χ1v) is 5.14. The SMILES string of the molecule is Cn1cccc1CNc1ccc(C#N)cc1. The van der Waals surface area contributed by atoms with Gasteiger partial charge in [-0.2, -0.15) is 5.26 Å². The second-order valence-electron chi connectivity index (χ2n) is 3.65. The van der Waals surface area contributed by atoms with Crippen LogP contribution in [0.25, 0.3) is 0 Å². The summed E-state index contributed by atoms with van der Waals surface area (Å²) >= 11 is 0. The number of aromatic nitrogens is 1. The van der Waals surface area contributed by atoms with Gasteiger partial charge in [-0.05, 0) is 36.4 Å². The summed E-state index contributed by atoms with van der Waals surface area (Å²) in [6.45, 7) is 0.787. The second-order valence-corrected chi connectivity index (χ2v) is 3.65. The van der Waals surface area contributed by atoms with E-state index in [0.29, 0.717) is 5.56 Å². The fraction of sp³-hybridized carbons (Fsp3) is 0.154. The molecule has 2 aromatic rings. The Morgan fingerprint density at radius 1 is 1.25 bits per heavy atom. The molecule has 0 fully saturated rings. The van der Waals surface area contributed by atoms with Crippen LogP contribution < -0.4 is 5.32 Å². The number of nitrogens with zero attached hydrogens (tertiary/aromatic N) is 2. The zero-order valence-corrected chi connectivity index (χ0v) is 9.14. The van der Waals surface area contributed by atoms with Crippen LogP contribution in [0.2, 0.25) is 0 Å². The quantitative estimate of drug-likeness (QED) is 0.847. The van der Waals surface area contributed by atoms with E-state index in [1.807, 2.05) is 43.6 Å². The fourth-order valence-electron chi connectivity index (χ4n) is 1.54. The fourth-order valence-corrected chi connectivity index (χ4v) is 1.54. The molecule has 2 rings (SSSR count). The topological polar surface area (TPSA) is 40.8 Å². The van der Waals surface area contributed by atoms with Gasteiger partial charge in [0.15, 0.2) is 0 Å². The molecule has 1 N–H and O–H groups in total. The number of anilines is 1. The molecule has 0 saturated carbocycles. The van der Waals surface area contributed by atoms with Gasteiger partial charge in [0.2, 0.25) is 0 Å². The summed E-state index contributed by atoms with van der Waals surface area (Å²) in [5, 5.41) is 12.0. The zero-order valence-electron chi connectivity index (χ0n) is 9.14. The Hall–Kier alpha value is -2.21. The Balaban J connectivity index is 2.00. The summed E-state index contributed by atoms with van der Waals surface area (Å²) in [5.74, 6) is 0. The predicted molar refractivity (Wildman–Crippen MR) is 63.9 cm³/mol. The molecule has 0 aliphatic carbocycles. The second kappa shape index (κ2) is 4.54. The number of rotatable bonds is 3. The number of aryl methyl sites for hydroxylation is 1. The van der Waals surface area contributed by atoms with Crippen molar-refractivity contribution in [1.82, 2.24) is 4.57 Å². The molecule has 0 atom stereocenters. The molecule has 1 aromatic heterocycles. The zero-order chi connectivity index (χ0) is 11.4. The molecular formula is C13H13N3. The van der Waals surface area contributed by atoms with Crippen molar-refractivity contribution in [1.29, 1.82) is 5.26 Å². The maximum atomic E-state index is 8.67. The van der Waals surface area contributed by atoms with Gasteiger partial charge in [-0.1, -0.05) is 0 Å². The van der Waals surface area contributed by atoms with E-state index in [9.17, 15) is 0 Å². The van der Waals surface area contributed by atoms with Crippen LogP contribution in [-0.2, 0) is 13.6 Å². The maximum Gasteiger partial charge on any atom is 0.0991 e. The van der Waals surface area contributed by atoms with E-state index in [2.05, 4.69) is 22.0 Å². The Bertz CT molecular complexity index is 503. The third kappa shape index (κ3) is 2.23. The standard InChI is InChI=1S/C13H13N3/c1-16-8-2-3-13(16)10-15-12-6-4-11(9-14)5-7-12/h2-8,15H,10H2,1H3. The Morgan fingerprint density at radius 3 is 2.56 bits per heavy atom. The van der Waals surface area contributed by atoms with E-state index < -0.39 is 0 Å². The lowest BCUT2D eigenvalue weighted by Gasteiger charge is -2.07. The molecular weight excluding hydrogens is 198 g/mol. The normalized spacial score (nSPS) is 9.75. The van der Waals surface area contributed by atoms with E-state index in [1.165, 1.54) is 5.69 Å². The van der Waals surface area contributed by atoms with Gasteiger partial charge in [-0.15, -0.1) is 0 Å². The van der Waals surface area contributed by atoms with Crippen molar-refractivity contribution in [3.8, 4) is 6.07 Å². The first-order valence-electron chi connectivity index (χ1n) is 5.14. The molecule has 3 nitrogen and oxygen atoms in total. The van der Waals surface area contributed by atoms with Crippen molar-refractivity contribution in [2.24, 2.45) is 7.05 Å². The average molecular weight is 211 g/mol. The Morgan fingerprint density at radius 2 is 2.00 bits per heavy atom. The van der Waals surface area contributed by atoms with Crippen LogP contribution >= 0.6 is 0 Å². The highest BCUT2D eigenvalue weighted by Crippen LogP contribution is 2.10. The summed E-state index contributed by atoms with van der Waals surface area (Å²) in [4.78, 5) is 0. The third-order valence-electron chi connectivity index (χ3n) is 2.54. The lowest BCUT2D eigenvalue weighted by Crippen LogP contribution is -2.03. The summed E-state index contributed by atoms with van der Waals surface area (Å²) in [6, 6.07) is 13.7. The van der Waals surface area contributed by atoms with Crippen molar-refractivity contribution in [3.63, 3.8) is 0 Å². The highest BCUT2D eigenvalue weighted by molar-refractivity contribution is 5.47. The monoisotopic (exact) mass is 211 g/mol. The van der Waals surface area contributed by atoms with Gasteiger partial charge in [-0.25, -0.2) is 0 Å². The number of benzene rings is 1. The van der Waals surface area contributed by atoms with Crippen LogP contribution in [0.1, 0.15) is 11.3 Å². The Kier molecular flexibility index (Phi) is 2.93. The first kappa shape index (κ1) is 10.3. The molecule has 0 unspecified atom stereocenters. The molecule has 0 bridgehead atoms. The highest BCUT2D eigenvalue weighted by Gasteiger charge is 1.97. The van der Waals surface area contributed by atoms with Crippen molar-refractivity contribution < 1.29 is 0 Å². The lowest BCUT2D eigenvalue weighted by molar-refractivity contribution is 0.842. The van der Waals surface area contributed by atoms with E-state index in [4.69, 9.17) is 5.26 Å². The predicted octanol–water partition coefficient (Wildman–Crippen LogP) is 2.51. The molecule has 0 radical (unpaired) electrons. The molecule has 80 valence electrons. The van der Waals surface area contributed by atoms with Crippen LogP contribution in [0.5, 0.6) is 0 Å². The van der Waals surface area contributed by atoms with E-state index in [0.717, 1.165) is 12.2 Å². The van der Waals surface area contributed by atoms with E-state index in [-0.39, 0.29) is 0 Å². The van der Waals surface area contributed by atoms with Crippen LogP contribution in [0.15, 0.2) is 42.6 Å². The van der Waals surface area contributed by atoms with Gasteiger partial charge in [-0.3, -0.25) is 0 Å². The third-order valence-corrected chi connectivity index (χ3v) is 2.54. The van der Waals surface area contributed by atoms with Crippen LogP contribution in [0.4, 0.5) is 5.69 Å². The molecule has 0 saturated heterocycles. The maximum absolute atomic E-state index is 8.67. The van der Waals surface area contributed by atoms with E-state index >= 15 is 0 Å². The van der Waals surface area contributed by atoms with Gasteiger partial charge in [0.05, 0.1) is 18.2 Å². The lowest BCUT2D eigenvalue weighted by atomic mass is 10.2. The molecule has 1 aromatic carbocycles. The van der Waals surface area contributed by atoms with Gasteiger partial charge in [0.1, 0.15) is 0 Å². The molecule has 0 aliphatic heterocycles. The van der Waals surface area contributed by atoms with Gasteiger partial charge < -0.3 is 9.88 Å². The summed E-state index contributed by atoms with van der Waals surface area (Å²) in [6.07, 6.45) is 2.02. The van der Waals surface area contributed by atoms with Crippen LogP contribution in [0, 0.1) is 11.3 Å². The van der Waals surface area contributed by atoms with Gasteiger partial charge in [0, 0.05) is 24.6 Å². The molecule has 0 aliphatic rings. The van der Waals surface area contributed by atoms with Crippen molar-refractivity contribution in [2.75, 3.05) is 5.32 Å². The summed E-state index contributed by atoms with van der Waals surface area (Å²) in [5.41, 5.74) is 2.94. The number of nitrogens with one attached hydrogen (secondary N) is 1. The van der Waals surface area contributed by atoms with Gasteiger partial charge in [0.25, 0.3) is 0 Å². The van der Waals surface area contributed by atoms with Gasteiger partial charge >= 0.3 is 0 Å². The minimum atomic E-state index is 0.685. The number of nitriles is 1. The minimum Gasteiger partial charge on any atom is -0.379 e. The van der Waals surface area contributed by atoms with E-state index in [1.54, 1.807) is 0 Å². The van der Waals surface area contributed by atoms with Crippen LogP contribution in [0.3, 0.4) is 0 Å². The molecule has 1 heterocycles. The summed E-state index contributed by atoms with van der Waals surface area (Å²) in [7, 11) is 2.02. The molecule has 0 spiro atoms. The number of hydrogen-bond donors (Lipinski definition) is 1. The smallest absolute Gasteiger partial charge is 0.0991 e. The largest absolute Gasteiger partial charge is 0.379 e. The first-order chi connectivity index (χ1) is 7.79. The number of hydrogen-bond acceptors (Lipinski definition) is 2. The minimum absolute atomic E-state index is 0.685.